The Morgan fingerprint density at radius 1 is 0.938 bits per heavy atom. The van der Waals surface area contributed by atoms with Gasteiger partial charge in [-0.2, -0.15) is 0 Å². The molecule has 0 spiro atoms. The number of hydrogen-bond acceptors (Lipinski definition) is 4. The maximum atomic E-state index is 13.8. The number of para-hydroxylation sites is 2. The largest absolute Gasteiger partial charge is 0.496 e. The molecule has 0 aliphatic carbocycles. The Hall–Kier alpha value is -3.15. The van der Waals surface area contributed by atoms with Gasteiger partial charge in [0.15, 0.2) is 0 Å². The van der Waals surface area contributed by atoms with Crippen molar-refractivity contribution in [1.82, 2.24) is 4.90 Å². The summed E-state index contributed by atoms with van der Waals surface area (Å²) in [7, 11) is 1.68. The Morgan fingerprint density at radius 2 is 1.66 bits per heavy atom. The first-order valence-corrected chi connectivity index (χ1v) is 10.9. The molecule has 2 aliphatic heterocycles. The van der Waals surface area contributed by atoms with Crippen molar-refractivity contribution < 1.29 is 18.6 Å². The summed E-state index contributed by atoms with van der Waals surface area (Å²) in [4.78, 5) is 2.39. The molecule has 2 heterocycles. The SMILES string of the molecule is COc1ccccc1C1=C(CN2CCOCC2)[C@H](c2ccc(F)cc2)c2ccccc2O1. The van der Waals surface area contributed by atoms with E-state index in [1.807, 2.05) is 54.6 Å². The van der Waals surface area contributed by atoms with E-state index in [4.69, 9.17) is 14.2 Å². The van der Waals surface area contributed by atoms with Crippen LogP contribution in [0.3, 0.4) is 0 Å². The first kappa shape index (κ1) is 20.7. The average Bonchev–Trinajstić information content (AvgIpc) is 2.85. The minimum Gasteiger partial charge on any atom is -0.496 e. The van der Waals surface area contributed by atoms with Gasteiger partial charge >= 0.3 is 0 Å². The van der Waals surface area contributed by atoms with Gasteiger partial charge in [-0.15, -0.1) is 0 Å². The predicted molar refractivity (Wildman–Crippen MR) is 122 cm³/mol. The van der Waals surface area contributed by atoms with Crippen molar-refractivity contribution in [3.63, 3.8) is 0 Å². The number of fused-ring (bicyclic) bond motifs is 1. The van der Waals surface area contributed by atoms with Crippen LogP contribution >= 0.6 is 0 Å². The molecule has 0 N–H and O–H groups in total. The van der Waals surface area contributed by atoms with Gasteiger partial charge < -0.3 is 14.2 Å². The molecule has 5 rings (SSSR count). The highest BCUT2D eigenvalue weighted by molar-refractivity contribution is 5.75. The van der Waals surface area contributed by atoms with Gasteiger partial charge in [0.2, 0.25) is 0 Å². The van der Waals surface area contributed by atoms with Crippen LogP contribution in [0.5, 0.6) is 11.5 Å². The van der Waals surface area contributed by atoms with Crippen LogP contribution < -0.4 is 9.47 Å². The minimum atomic E-state index is -0.238. The molecular formula is C27H26FNO3. The van der Waals surface area contributed by atoms with Gasteiger partial charge in [-0.3, -0.25) is 4.90 Å². The number of halogens is 1. The molecule has 1 atom stereocenters. The highest BCUT2D eigenvalue weighted by Crippen LogP contribution is 2.47. The molecule has 0 bridgehead atoms. The lowest BCUT2D eigenvalue weighted by atomic mass is 9.81. The van der Waals surface area contributed by atoms with Crippen LogP contribution in [0.1, 0.15) is 22.6 Å². The standard InChI is InChI=1S/C27H26FNO3/c1-30-24-8-4-3-7-22(24)27-23(18-29-14-16-31-17-15-29)26(19-10-12-20(28)13-11-19)21-6-2-5-9-25(21)32-27/h2-13,26H,14-18H2,1H3/t26-/m1/s1. The van der Waals surface area contributed by atoms with E-state index in [1.165, 1.54) is 12.1 Å². The Balaban J connectivity index is 1.71. The molecule has 3 aromatic carbocycles. The monoisotopic (exact) mass is 431 g/mol. The maximum absolute atomic E-state index is 13.8. The number of hydrogen-bond donors (Lipinski definition) is 0. The highest BCUT2D eigenvalue weighted by Gasteiger charge is 2.33. The second kappa shape index (κ2) is 9.15. The van der Waals surface area contributed by atoms with Crippen molar-refractivity contribution in [2.75, 3.05) is 40.0 Å². The molecule has 0 radical (unpaired) electrons. The van der Waals surface area contributed by atoms with E-state index in [2.05, 4.69) is 11.0 Å². The maximum Gasteiger partial charge on any atom is 0.139 e. The van der Waals surface area contributed by atoms with Crippen molar-refractivity contribution in [3.05, 3.63) is 101 Å². The molecule has 0 amide bonds. The molecular weight excluding hydrogens is 405 g/mol. The fourth-order valence-electron chi connectivity index (χ4n) is 4.57. The van der Waals surface area contributed by atoms with Crippen LogP contribution in [0.2, 0.25) is 0 Å². The van der Waals surface area contributed by atoms with Crippen LogP contribution in [0, 0.1) is 5.82 Å². The Labute approximate surface area is 187 Å². The number of nitrogens with zero attached hydrogens (tertiary/aromatic N) is 1. The molecule has 1 saturated heterocycles. The van der Waals surface area contributed by atoms with Crippen LogP contribution in [0.4, 0.5) is 4.39 Å². The lowest BCUT2D eigenvalue weighted by Gasteiger charge is -2.35. The van der Waals surface area contributed by atoms with Crippen molar-refractivity contribution in [2.24, 2.45) is 0 Å². The van der Waals surface area contributed by atoms with Crippen molar-refractivity contribution in [3.8, 4) is 11.5 Å². The van der Waals surface area contributed by atoms with Gasteiger partial charge in [0, 0.05) is 31.1 Å². The smallest absolute Gasteiger partial charge is 0.139 e. The zero-order valence-corrected chi connectivity index (χ0v) is 18.1. The second-order valence-electron chi connectivity index (χ2n) is 8.07. The van der Waals surface area contributed by atoms with E-state index in [0.717, 1.165) is 72.4 Å². The normalized spacial score (nSPS) is 18.8. The van der Waals surface area contributed by atoms with Gasteiger partial charge in [0.25, 0.3) is 0 Å². The second-order valence-corrected chi connectivity index (χ2v) is 8.07. The fraction of sp³-hybridized carbons (Fsp3) is 0.259. The first-order chi connectivity index (χ1) is 15.7. The third-order valence-electron chi connectivity index (χ3n) is 6.13. The fourth-order valence-corrected chi connectivity index (χ4v) is 4.57. The van der Waals surface area contributed by atoms with Gasteiger partial charge in [0.1, 0.15) is 23.1 Å². The average molecular weight is 432 g/mol. The third kappa shape index (κ3) is 4.01. The predicted octanol–water partition coefficient (Wildman–Crippen LogP) is 5.10. The highest BCUT2D eigenvalue weighted by atomic mass is 19.1. The van der Waals surface area contributed by atoms with Gasteiger partial charge in [-0.25, -0.2) is 4.39 Å². The molecule has 1 fully saturated rings. The molecule has 164 valence electrons. The zero-order chi connectivity index (χ0) is 21.9. The zero-order valence-electron chi connectivity index (χ0n) is 18.1. The van der Waals surface area contributed by atoms with E-state index in [0.29, 0.717) is 0 Å². The summed E-state index contributed by atoms with van der Waals surface area (Å²) in [5, 5.41) is 0. The quantitative estimate of drug-likeness (QED) is 0.562. The third-order valence-corrected chi connectivity index (χ3v) is 6.13. The van der Waals surface area contributed by atoms with E-state index < -0.39 is 0 Å². The lowest BCUT2D eigenvalue weighted by Crippen LogP contribution is -2.39. The summed E-state index contributed by atoms with van der Waals surface area (Å²) < 4.78 is 31.6. The summed E-state index contributed by atoms with van der Waals surface area (Å²) in [5.41, 5.74) is 4.18. The topological polar surface area (TPSA) is 30.9 Å². The molecule has 0 unspecified atom stereocenters. The Kier molecular flexibility index (Phi) is 5.93. The molecule has 0 saturated carbocycles. The Morgan fingerprint density at radius 3 is 2.44 bits per heavy atom. The lowest BCUT2D eigenvalue weighted by molar-refractivity contribution is 0.0416. The van der Waals surface area contributed by atoms with E-state index in [-0.39, 0.29) is 11.7 Å². The number of methoxy groups -OCH3 is 1. The van der Waals surface area contributed by atoms with Gasteiger partial charge in [0.05, 0.1) is 25.9 Å². The van der Waals surface area contributed by atoms with E-state index in [1.54, 1.807) is 7.11 Å². The minimum absolute atomic E-state index is 0.0525. The first-order valence-electron chi connectivity index (χ1n) is 10.9. The van der Waals surface area contributed by atoms with Crippen LogP contribution in [-0.2, 0) is 4.74 Å². The summed E-state index contributed by atoms with van der Waals surface area (Å²) >= 11 is 0. The summed E-state index contributed by atoms with van der Waals surface area (Å²) in [6.07, 6.45) is 0. The van der Waals surface area contributed by atoms with Crippen molar-refractivity contribution in [1.29, 1.82) is 0 Å². The van der Waals surface area contributed by atoms with E-state index >= 15 is 0 Å². The van der Waals surface area contributed by atoms with Crippen LogP contribution in [-0.4, -0.2) is 44.9 Å². The molecule has 5 heteroatoms. The van der Waals surface area contributed by atoms with Crippen molar-refractivity contribution in [2.45, 2.75) is 5.92 Å². The molecule has 3 aromatic rings. The van der Waals surface area contributed by atoms with Crippen LogP contribution in [0.25, 0.3) is 5.76 Å². The molecule has 0 aromatic heterocycles. The summed E-state index contributed by atoms with van der Waals surface area (Å²) in [5.74, 6) is 2.09. The number of ether oxygens (including phenoxy) is 3. The van der Waals surface area contributed by atoms with Gasteiger partial charge in [-0.1, -0.05) is 42.5 Å². The number of benzene rings is 3. The summed E-state index contributed by atoms with van der Waals surface area (Å²) in [6.45, 7) is 3.89. The molecule has 32 heavy (non-hydrogen) atoms. The Bertz CT molecular complexity index is 1120. The molecule has 4 nitrogen and oxygen atoms in total. The number of rotatable bonds is 5. The van der Waals surface area contributed by atoms with Crippen molar-refractivity contribution >= 4 is 5.76 Å². The van der Waals surface area contributed by atoms with Gasteiger partial charge in [-0.05, 0) is 41.5 Å². The van der Waals surface area contributed by atoms with Crippen LogP contribution in [0.15, 0.2) is 78.4 Å². The molecule has 2 aliphatic rings. The van der Waals surface area contributed by atoms with E-state index in [9.17, 15) is 4.39 Å². The number of morpholine rings is 1. The summed E-state index contributed by atoms with van der Waals surface area (Å²) in [6, 6.07) is 22.8.